The summed E-state index contributed by atoms with van der Waals surface area (Å²) in [5.41, 5.74) is 0.699. The maximum absolute atomic E-state index is 12.7. The van der Waals surface area contributed by atoms with Gasteiger partial charge in [-0.1, -0.05) is 0 Å². The van der Waals surface area contributed by atoms with E-state index in [1.165, 1.54) is 24.3 Å². The number of aliphatic hydroxyl groups is 1. The Bertz CT molecular complexity index is 557. The van der Waals surface area contributed by atoms with Crippen molar-refractivity contribution in [1.82, 2.24) is 15.5 Å². The van der Waals surface area contributed by atoms with Gasteiger partial charge in [-0.2, -0.15) is 5.10 Å². The van der Waals surface area contributed by atoms with E-state index < -0.39 is 6.10 Å². The molecule has 0 aliphatic rings. The topological polar surface area (TPSA) is 87.2 Å². The monoisotopic (exact) mass is 293 g/mol. The largest absolute Gasteiger partial charge is 0.491 e. The van der Waals surface area contributed by atoms with E-state index in [2.05, 4.69) is 15.5 Å². The van der Waals surface area contributed by atoms with E-state index in [4.69, 9.17) is 4.74 Å². The van der Waals surface area contributed by atoms with Crippen molar-refractivity contribution in [2.24, 2.45) is 0 Å². The highest BCUT2D eigenvalue weighted by Gasteiger charge is 2.09. The van der Waals surface area contributed by atoms with Crippen molar-refractivity contribution in [2.45, 2.75) is 12.5 Å². The number of aromatic amines is 1. The van der Waals surface area contributed by atoms with Crippen LogP contribution in [0.4, 0.5) is 4.39 Å². The van der Waals surface area contributed by atoms with Gasteiger partial charge in [0.25, 0.3) is 0 Å². The number of H-pyrrole nitrogens is 1. The van der Waals surface area contributed by atoms with Gasteiger partial charge < -0.3 is 15.2 Å². The van der Waals surface area contributed by atoms with Crippen LogP contribution in [-0.2, 0) is 11.2 Å². The van der Waals surface area contributed by atoms with Gasteiger partial charge in [0, 0.05) is 18.4 Å². The van der Waals surface area contributed by atoms with Crippen molar-refractivity contribution in [3.05, 3.63) is 48.0 Å². The van der Waals surface area contributed by atoms with Crippen LogP contribution < -0.4 is 10.1 Å². The molecule has 112 valence electrons. The molecule has 0 fully saturated rings. The third kappa shape index (κ3) is 5.23. The Balaban J connectivity index is 1.66. The van der Waals surface area contributed by atoms with Gasteiger partial charge in [-0.3, -0.25) is 9.89 Å². The van der Waals surface area contributed by atoms with Gasteiger partial charge in [0.15, 0.2) is 0 Å². The Hall–Kier alpha value is -2.41. The predicted molar refractivity (Wildman–Crippen MR) is 73.2 cm³/mol. The summed E-state index contributed by atoms with van der Waals surface area (Å²) >= 11 is 0. The number of hydrogen-bond donors (Lipinski definition) is 3. The zero-order chi connectivity index (χ0) is 15.1. The summed E-state index contributed by atoms with van der Waals surface area (Å²) in [7, 11) is 0. The van der Waals surface area contributed by atoms with Gasteiger partial charge in [-0.25, -0.2) is 4.39 Å². The first-order chi connectivity index (χ1) is 10.1. The number of carbonyl (C=O) groups is 1. The van der Waals surface area contributed by atoms with Crippen LogP contribution in [-0.4, -0.2) is 40.5 Å². The minimum Gasteiger partial charge on any atom is -0.491 e. The number of nitrogens with one attached hydrogen (secondary N) is 2. The molecule has 2 rings (SSSR count). The van der Waals surface area contributed by atoms with Crippen molar-refractivity contribution < 1.29 is 19.0 Å². The number of aliphatic hydroxyl groups excluding tert-OH is 1. The average Bonchev–Trinajstić information content (AvgIpc) is 2.97. The molecular formula is C14H16FN3O3. The summed E-state index contributed by atoms with van der Waals surface area (Å²) in [6.45, 7) is 0.0874. The molecule has 0 aliphatic heterocycles. The smallest absolute Gasteiger partial charge is 0.226 e. The van der Waals surface area contributed by atoms with Gasteiger partial charge >= 0.3 is 0 Å². The Labute approximate surface area is 120 Å². The van der Waals surface area contributed by atoms with Crippen molar-refractivity contribution in [3.8, 4) is 5.75 Å². The molecule has 1 amide bonds. The maximum atomic E-state index is 12.7. The normalized spacial score (nSPS) is 11.9. The fraction of sp³-hybridized carbons (Fsp3) is 0.286. The van der Waals surface area contributed by atoms with E-state index in [1.807, 2.05) is 0 Å². The Morgan fingerprint density at radius 2 is 2.14 bits per heavy atom. The van der Waals surface area contributed by atoms with Crippen LogP contribution in [0.1, 0.15) is 5.69 Å². The number of rotatable bonds is 7. The van der Waals surface area contributed by atoms with Crippen molar-refractivity contribution >= 4 is 5.91 Å². The molecule has 1 unspecified atom stereocenters. The number of carbonyl (C=O) groups excluding carboxylic acids is 1. The lowest BCUT2D eigenvalue weighted by Gasteiger charge is -2.13. The fourth-order valence-electron chi connectivity index (χ4n) is 1.63. The summed E-state index contributed by atoms with van der Waals surface area (Å²) in [5, 5.41) is 18.7. The molecular weight excluding hydrogens is 277 g/mol. The fourth-order valence-corrected chi connectivity index (χ4v) is 1.63. The molecule has 3 N–H and O–H groups in total. The van der Waals surface area contributed by atoms with E-state index in [0.29, 0.717) is 11.4 Å². The van der Waals surface area contributed by atoms with Crippen LogP contribution >= 0.6 is 0 Å². The SMILES string of the molecule is O=C(Cc1ccn[nH]1)NCC(O)COc1ccc(F)cc1. The molecule has 1 heterocycles. The summed E-state index contributed by atoms with van der Waals surface area (Å²) in [4.78, 5) is 11.6. The zero-order valence-corrected chi connectivity index (χ0v) is 11.3. The first-order valence-corrected chi connectivity index (χ1v) is 6.45. The summed E-state index contributed by atoms with van der Waals surface area (Å²) in [5.74, 6) is -0.117. The van der Waals surface area contributed by atoms with Crippen molar-refractivity contribution in [3.63, 3.8) is 0 Å². The standard InChI is InChI=1S/C14H16FN3O3/c15-10-1-3-13(4-2-10)21-9-12(19)8-16-14(20)7-11-5-6-17-18-11/h1-6,12,19H,7-9H2,(H,16,20)(H,17,18). The van der Waals surface area contributed by atoms with E-state index in [0.717, 1.165) is 0 Å². The molecule has 21 heavy (non-hydrogen) atoms. The first kappa shape index (κ1) is 15.0. The lowest BCUT2D eigenvalue weighted by molar-refractivity contribution is -0.121. The molecule has 0 aliphatic carbocycles. The second-order valence-corrected chi connectivity index (χ2v) is 4.48. The molecule has 6 nitrogen and oxygen atoms in total. The highest BCUT2D eigenvalue weighted by atomic mass is 19.1. The number of hydrogen-bond acceptors (Lipinski definition) is 4. The Morgan fingerprint density at radius 1 is 1.38 bits per heavy atom. The maximum Gasteiger partial charge on any atom is 0.226 e. The van der Waals surface area contributed by atoms with Gasteiger partial charge in [0.05, 0.1) is 6.42 Å². The summed E-state index contributed by atoms with van der Waals surface area (Å²) < 4.78 is 18.0. The van der Waals surface area contributed by atoms with Crippen LogP contribution in [0.5, 0.6) is 5.75 Å². The van der Waals surface area contributed by atoms with Crippen molar-refractivity contribution in [1.29, 1.82) is 0 Å². The lowest BCUT2D eigenvalue weighted by Crippen LogP contribution is -2.36. The number of amides is 1. The first-order valence-electron chi connectivity index (χ1n) is 6.45. The van der Waals surface area contributed by atoms with E-state index in [-0.39, 0.29) is 31.3 Å². The molecule has 0 bridgehead atoms. The van der Waals surface area contributed by atoms with Crippen molar-refractivity contribution in [2.75, 3.05) is 13.2 Å². The zero-order valence-electron chi connectivity index (χ0n) is 11.3. The van der Waals surface area contributed by atoms with E-state index in [9.17, 15) is 14.3 Å². The summed E-state index contributed by atoms with van der Waals surface area (Å²) in [6.07, 6.45) is 0.889. The highest BCUT2D eigenvalue weighted by Crippen LogP contribution is 2.11. The van der Waals surface area contributed by atoms with Crippen LogP contribution in [0.3, 0.4) is 0 Å². The molecule has 1 aromatic carbocycles. The number of halogens is 1. The molecule has 0 spiro atoms. The lowest BCUT2D eigenvalue weighted by atomic mass is 10.3. The second kappa shape index (κ2) is 7.39. The van der Waals surface area contributed by atoms with Crippen LogP contribution in [0.15, 0.2) is 36.5 Å². The quantitative estimate of drug-likeness (QED) is 0.699. The highest BCUT2D eigenvalue weighted by molar-refractivity contribution is 5.78. The second-order valence-electron chi connectivity index (χ2n) is 4.48. The average molecular weight is 293 g/mol. The summed E-state index contributed by atoms with van der Waals surface area (Å²) in [6, 6.07) is 7.19. The van der Waals surface area contributed by atoms with Crippen LogP contribution in [0.2, 0.25) is 0 Å². The number of nitrogens with zero attached hydrogens (tertiary/aromatic N) is 1. The molecule has 2 aromatic rings. The van der Waals surface area contributed by atoms with E-state index >= 15 is 0 Å². The number of benzene rings is 1. The minimum absolute atomic E-state index is 0.00989. The predicted octanol–water partition coefficient (Wildman–Crippen LogP) is 0.647. The van der Waals surface area contributed by atoms with E-state index in [1.54, 1.807) is 12.3 Å². The molecule has 1 aromatic heterocycles. The third-order valence-electron chi connectivity index (χ3n) is 2.70. The Kier molecular flexibility index (Phi) is 5.28. The Morgan fingerprint density at radius 3 is 2.81 bits per heavy atom. The third-order valence-corrected chi connectivity index (χ3v) is 2.70. The van der Waals surface area contributed by atoms with Gasteiger partial charge in [0.1, 0.15) is 24.3 Å². The molecule has 0 saturated carbocycles. The van der Waals surface area contributed by atoms with Gasteiger partial charge in [-0.15, -0.1) is 0 Å². The van der Waals surface area contributed by atoms with Crippen LogP contribution in [0, 0.1) is 5.82 Å². The minimum atomic E-state index is -0.847. The number of ether oxygens (including phenoxy) is 1. The molecule has 7 heteroatoms. The molecule has 1 atom stereocenters. The molecule has 0 saturated heterocycles. The number of aromatic nitrogens is 2. The van der Waals surface area contributed by atoms with Gasteiger partial charge in [-0.05, 0) is 30.3 Å². The van der Waals surface area contributed by atoms with Crippen LogP contribution in [0.25, 0.3) is 0 Å². The molecule has 0 radical (unpaired) electrons. The van der Waals surface area contributed by atoms with Gasteiger partial charge in [0.2, 0.25) is 5.91 Å².